The first-order valence-electron chi connectivity index (χ1n) is 8.29. The van der Waals surface area contributed by atoms with Crippen molar-refractivity contribution in [2.45, 2.75) is 12.8 Å². The number of thioether (sulfide) groups is 1. The van der Waals surface area contributed by atoms with Gasteiger partial charge in [-0.3, -0.25) is 14.9 Å². The van der Waals surface area contributed by atoms with Crippen molar-refractivity contribution in [1.82, 2.24) is 15.2 Å². The SMILES string of the molecule is O=C(CCSCCc1ccccn1)Nc1cc(-c2cccc(F)c2)[nH]n1. The highest BCUT2D eigenvalue weighted by molar-refractivity contribution is 7.99. The Balaban J connectivity index is 1.40. The minimum atomic E-state index is -0.314. The van der Waals surface area contributed by atoms with Crippen molar-refractivity contribution in [1.29, 1.82) is 0 Å². The number of hydrogen-bond acceptors (Lipinski definition) is 4. The second-order valence-electron chi connectivity index (χ2n) is 5.66. The van der Waals surface area contributed by atoms with Crippen molar-refractivity contribution in [2.24, 2.45) is 0 Å². The number of hydrogen-bond donors (Lipinski definition) is 2. The molecule has 3 rings (SSSR count). The summed E-state index contributed by atoms with van der Waals surface area (Å²) < 4.78 is 13.3. The lowest BCUT2D eigenvalue weighted by atomic mass is 10.1. The van der Waals surface area contributed by atoms with Crippen LogP contribution in [0.1, 0.15) is 12.1 Å². The maximum Gasteiger partial charge on any atom is 0.226 e. The molecule has 0 unspecified atom stereocenters. The number of aromatic amines is 1. The lowest BCUT2D eigenvalue weighted by Crippen LogP contribution is -2.12. The Hall–Kier alpha value is -2.67. The Morgan fingerprint density at radius 2 is 2.08 bits per heavy atom. The second kappa shape index (κ2) is 9.15. The smallest absolute Gasteiger partial charge is 0.226 e. The summed E-state index contributed by atoms with van der Waals surface area (Å²) in [4.78, 5) is 16.3. The van der Waals surface area contributed by atoms with Crippen LogP contribution in [-0.2, 0) is 11.2 Å². The summed E-state index contributed by atoms with van der Waals surface area (Å²) in [6.07, 6.45) is 3.09. The van der Waals surface area contributed by atoms with Crippen LogP contribution in [0.4, 0.5) is 10.2 Å². The molecule has 134 valence electrons. The molecular formula is C19H19FN4OS. The fourth-order valence-corrected chi connectivity index (χ4v) is 3.27. The van der Waals surface area contributed by atoms with Crippen molar-refractivity contribution >= 4 is 23.5 Å². The molecule has 0 saturated heterocycles. The molecule has 26 heavy (non-hydrogen) atoms. The Morgan fingerprint density at radius 3 is 2.88 bits per heavy atom. The van der Waals surface area contributed by atoms with E-state index in [-0.39, 0.29) is 11.7 Å². The Kier molecular flexibility index (Phi) is 6.38. The number of H-pyrrole nitrogens is 1. The summed E-state index contributed by atoms with van der Waals surface area (Å²) in [6, 6.07) is 13.8. The number of pyridine rings is 1. The zero-order chi connectivity index (χ0) is 18.2. The Labute approximate surface area is 155 Å². The molecule has 0 bridgehead atoms. The Morgan fingerprint density at radius 1 is 1.15 bits per heavy atom. The van der Waals surface area contributed by atoms with Crippen LogP contribution in [0, 0.1) is 5.82 Å². The summed E-state index contributed by atoms with van der Waals surface area (Å²) in [7, 11) is 0. The third-order valence-corrected chi connectivity index (χ3v) is 4.67. The highest BCUT2D eigenvalue weighted by Crippen LogP contribution is 2.20. The van der Waals surface area contributed by atoms with Crippen molar-refractivity contribution in [3.63, 3.8) is 0 Å². The average Bonchev–Trinajstić information content (AvgIpc) is 3.11. The molecule has 0 atom stereocenters. The van der Waals surface area contributed by atoms with Crippen LogP contribution in [0.2, 0.25) is 0 Å². The maximum absolute atomic E-state index is 13.3. The van der Waals surface area contributed by atoms with Crippen molar-refractivity contribution in [3.8, 4) is 11.3 Å². The lowest BCUT2D eigenvalue weighted by Gasteiger charge is -2.02. The van der Waals surface area contributed by atoms with Crippen molar-refractivity contribution < 1.29 is 9.18 Å². The molecule has 5 nitrogen and oxygen atoms in total. The van der Waals surface area contributed by atoms with Gasteiger partial charge in [0.15, 0.2) is 5.82 Å². The highest BCUT2D eigenvalue weighted by atomic mass is 32.2. The van der Waals surface area contributed by atoms with E-state index in [4.69, 9.17) is 0 Å². The zero-order valence-corrected chi connectivity index (χ0v) is 14.9. The van der Waals surface area contributed by atoms with Crippen LogP contribution < -0.4 is 5.32 Å². The molecule has 0 aliphatic carbocycles. The number of aromatic nitrogens is 3. The van der Waals surface area contributed by atoms with Crippen LogP contribution in [0.15, 0.2) is 54.7 Å². The van der Waals surface area contributed by atoms with Crippen molar-refractivity contribution in [2.75, 3.05) is 16.8 Å². The number of halogens is 1. The molecule has 1 amide bonds. The van der Waals surface area contributed by atoms with E-state index in [2.05, 4.69) is 20.5 Å². The molecule has 0 saturated carbocycles. The van der Waals surface area contributed by atoms with E-state index in [1.54, 1.807) is 36.2 Å². The number of carbonyl (C=O) groups excluding carboxylic acids is 1. The summed E-state index contributed by atoms with van der Waals surface area (Å²) in [5.74, 6) is 1.70. The van der Waals surface area contributed by atoms with Crippen LogP contribution in [0.5, 0.6) is 0 Å². The van der Waals surface area contributed by atoms with Crippen LogP contribution >= 0.6 is 11.8 Å². The number of rotatable bonds is 8. The third-order valence-electron chi connectivity index (χ3n) is 3.68. The van der Waals surface area contributed by atoms with Gasteiger partial charge in [-0.15, -0.1) is 0 Å². The first-order chi connectivity index (χ1) is 12.7. The molecule has 2 heterocycles. The minimum Gasteiger partial charge on any atom is -0.309 e. The monoisotopic (exact) mass is 370 g/mol. The van der Waals surface area contributed by atoms with Gasteiger partial charge in [-0.2, -0.15) is 16.9 Å². The van der Waals surface area contributed by atoms with Crippen LogP contribution in [0.25, 0.3) is 11.3 Å². The molecule has 3 aromatic rings. The molecule has 0 spiro atoms. The lowest BCUT2D eigenvalue weighted by molar-refractivity contribution is -0.115. The van der Waals surface area contributed by atoms with E-state index >= 15 is 0 Å². The second-order valence-corrected chi connectivity index (χ2v) is 6.88. The van der Waals surface area contributed by atoms with E-state index in [0.29, 0.717) is 23.5 Å². The predicted molar refractivity (Wildman–Crippen MR) is 102 cm³/mol. The van der Waals surface area contributed by atoms with E-state index in [1.165, 1.54) is 12.1 Å². The number of anilines is 1. The van der Waals surface area contributed by atoms with E-state index in [0.717, 1.165) is 23.6 Å². The molecule has 0 fully saturated rings. The molecule has 2 N–H and O–H groups in total. The number of nitrogens with one attached hydrogen (secondary N) is 2. The average molecular weight is 370 g/mol. The Bertz CT molecular complexity index is 854. The van der Waals surface area contributed by atoms with Gasteiger partial charge in [0.2, 0.25) is 5.91 Å². The number of aryl methyl sites for hydroxylation is 1. The molecule has 2 aromatic heterocycles. The van der Waals surface area contributed by atoms with Gasteiger partial charge in [0.1, 0.15) is 5.82 Å². The van der Waals surface area contributed by atoms with Gasteiger partial charge in [0.05, 0.1) is 5.69 Å². The molecular weight excluding hydrogens is 351 g/mol. The molecule has 7 heteroatoms. The normalized spacial score (nSPS) is 10.7. The first kappa shape index (κ1) is 18.1. The van der Waals surface area contributed by atoms with Gasteiger partial charge in [0, 0.05) is 35.7 Å². The van der Waals surface area contributed by atoms with Crippen LogP contribution in [0.3, 0.4) is 0 Å². The van der Waals surface area contributed by atoms with Gasteiger partial charge in [0.25, 0.3) is 0 Å². The van der Waals surface area contributed by atoms with Gasteiger partial charge < -0.3 is 5.32 Å². The summed E-state index contributed by atoms with van der Waals surface area (Å²) >= 11 is 1.72. The largest absolute Gasteiger partial charge is 0.309 e. The fourth-order valence-electron chi connectivity index (χ4n) is 2.38. The molecule has 1 aromatic carbocycles. The predicted octanol–water partition coefficient (Wildman–Crippen LogP) is 3.92. The van der Waals surface area contributed by atoms with Crippen molar-refractivity contribution in [3.05, 3.63) is 66.2 Å². The molecule has 0 aliphatic heterocycles. The maximum atomic E-state index is 13.3. The third kappa shape index (κ3) is 5.42. The summed E-state index contributed by atoms with van der Waals surface area (Å²) in [5.41, 5.74) is 2.40. The summed E-state index contributed by atoms with van der Waals surface area (Å²) in [5, 5.41) is 9.61. The number of nitrogens with zero attached hydrogens (tertiary/aromatic N) is 2. The van der Waals surface area contributed by atoms with Gasteiger partial charge in [-0.1, -0.05) is 18.2 Å². The zero-order valence-electron chi connectivity index (χ0n) is 14.1. The van der Waals surface area contributed by atoms with Gasteiger partial charge in [-0.05, 0) is 36.4 Å². The van der Waals surface area contributed by atoms with E-state index in [9.17, 15) is 9.18 Å². The first-order valence-corrected chi connectivity index (χ1v) is 9.45. The number of benzene rings is 1. The van der Waals surface area contributed by atoms with E-state index < -0.39 is 0 Å². The minimum absolute atomic E-state index is 0.0902. The fraction of sp³-hybridized carbons (Fsp3) is 0.211. The van der Waals surface area contributed by atoms with Crippen LogP contribution in [-0.4, -0.2) is 32.6 Å². The standard InChI is InChI=1S/C19H19FN4OS/c20-15-5-3-4-14(12-15)17-13-18(24-23-17)22-19(25)8-11-26-10-7-16-6-1-2-9-21-16/h1-6,9,12-13H,7-8,10-11H2,(H2,22,23,24,25). The summed E-state index contributed by atoms with van der Waals surface area (Å²) in [6.45, 7) is 0. The topological polar surface area (TPSA) is 70.7 Å². The van der Waals surface area contributed by atoms with E-state index in [1.807, 2.05) is 18.2 Å². The number of amides is 1. The quantitative estimate of drug-likeness (QED) is 0.590. The molecule has 0 aliphatic rings. The van der Waals surface area contributed by atoms with Gasteiger partial charge in [-0.25, -0.2) is 4.39 Å². The molecule has 0 radical (unpaired) electrons. The number of carbonyl (C=O) groups is 1. The highest BCUT2D eigenvalue weighted by Gasteiger charge is 2.08. The van der Waals surface area contributed by atoms with Gasteiger partial charge >= 0.3 is 0 Å².